The standard InChI is InChI=1S/C11H9NO2/c1-3-8-9(4-2)14-11-10(13-8)6-5-7-12-11/h3-7H,1-2H2. The van der Waals surface area contributed by atoms with Gasteiger partial charge in [0.25, 0.3) is 5.88 Å². The number of hydrogen-bond acceptors (Lipinski definition) is 3. The molecule has 2 heterocycles. The second-order valence-electron chi connectivity index (χ2n) is 2.65. The highest BCUT2D eigenvalue weighted by atomic mass is 16.6. The van der Waals surface area contributed by atoms with Gasteiger partial charge in [-0.1, -0.05) is 13.2 Å². The van der Waals surface area contributed by atoms with Crippen LogP contribution in [0.25, 0.3) is 0 Å². The number of fused-ring (bicyclic) bond motifs is 1. The normalized spacial score (nSPS) is 13.7. The third kappa shape index (κ3) is 1.29. The van der Waals surface area contributed by atoms with E-state index in [1.54, 1.807) is 30.5 Å². The highest BCUT2D eigenvalue weighted by molar-refractivity contribution is 5.42. The van der Waals surface area contributed by atoms with Crippen molar-refractivity contribution in [3.63, 3.8) is 0 Å². The molecule has 3 heteroatoms. The van der Waals surface area contributed by atoms with Gasteiger partial charge in [-0.15, -0.1) is 0 Å². The van der Waals surface area contributed by atoms with Gasteiger partial charge in [0, 0.05) is 6.20 Å². The van der Waals surface area contributed by atoms with E-state index in [1.807, 2.05) is 0 Å². The Hall–Kier alpha value is -2.03. The van der Waals surface area contributed by atoms with Crippen LogP contribution in [0.5, 0.6) is 11.6 Å². The van der Waals surface area contributed by atoms with Crippen LogP contribution in [0.1, 0.15) is 0 Å². The molecule has 0 radical (unpaired) electrons. The number of aromatic nitrogens is 1. The smallest absolute Gasteiger partial charge is 0.263 e. The van der Waals surface area contributed by atoms with E-state index in [4.69, 9.17) is 9.47 Å². The molecule has 0 fully saturated rings. The maximum absolute atomic E-state index is 5.49. The van der Waals surface area contributed by atoms with Gasteiger partial charge in [0.15, 0.2) is 17.3 Å². The minimum absolute atomic E-state index is 0.452. The maximum atomic E-state index is 5.49. The summed E-state index contributed by atoms with van der Waals surface area (Å²) < 4.78 is 10.9. The Balaban J connectivity index is 2.45. The number of rotatable bonds is 2. The third-order valence-electron chi connectivity index (χ3n) is 1.78. The predicted molar refractivity (Wildman–Crippen MR) is 52.9 cm³/mol. The summed E-state index contributed by atoms with van der Waals surface area (Å²) in [5.41, 5.74) is 0. The number of nitrogens with zero attached hydrogens (tertiary/aromatic N) is 1. The molecule has 14 heavy (non-hydrogen) atoms. The second-order valence-corrected chi connectivity index (χ2v) is 2.65. The molecule has 0 N–H and O–H groups in total. The van der Waals surface area contributed by atoms with Crippen molar-refractivity contribution in [2.24, 2.45) is 0 Å². The molecule has 0 aliphatic carbocycles. The summed E-state index contributed by atoms with van der Waals surface area (Å²) in [4.78, 5) is 4.02. The van der Waals surface area contributed by atoms with Crippen molar-refractivity contribution in [3.8, 4) is 11.6 Å². The topological polar surface area (TPSA) is 31.4 Å². The highest BCUT2D eigenvalue weighted by Gasteiger charge is 2.18. The number of allylic oxidation sites excluding steroid dienone is 2. The Bertz CT molecular complexity index is 382. The van der Waals surface area contributed by atoms with E-state index in [2.05, 4.69) is 18.1 Å². The SMILES string of the molecule is C=CC1=C(C=C)Oc2ncccc2O1. The van der Waals surface area contributed by atoms with Crippen molar-refractivity contribution >= 4 is 0 Å². The quantitative estimate of drug-likeness (QED) is 0.712. The van der Waals surface area contributed by atoms with E-state index in [0.717, 1.165) is 0 Å². The molecule has 1 aliphatic rings. The molecular weight excluding hydrogens is 178 g/mol. The number of hydrogen-bond donors (Lipinski definition) is 0. The maximum Gasteiger partial charge on any atom is 0.263 e. The van der Waals surface area contributed by atoms with Crippen LogP contribution in [-0.2, 0) is 0 Å². The van der Waals surface area contributed by atoms with Crippen LogP contribution >= 0.6 is 0 Å². The lowest BCUT2D eigenvalue weighted by Crippen LogP contribution is -2.09. The fraction of sp³-hybridized carbons (Fsp3) is 0. The Labute approximate surface area is 82.0 Å². The average Bonchev–Trinajstić information content (AvgIpc) is 2.27. The molecule has 0 saturated carbocycles. The first-order chi connectivity index (χ1) is 6.85. The van der Waals surface area contributed by atoms with Gasteiger partial charge in [0.1, 0.15) is 0 Å². The van der Waals surface area contributed by atoms with E-state index in [0.29, 0.717) is 23.1 Å². The Kier molecular flexibility index (Phi) is 2.07. The second kappa shape index (κ2) is 3.38. The summed E-state index contributed by atoms with van der Waals surface area (Å²) in [5, 5.41) is 0. The van der Waals surface area contributed by atoms with E-state index < -0.39 is 0 Å². The molecule has 0 amide bonds. The molecule has 1 aromatic rings. The van der Waals surface area contributed by atoms with Crippen molar-refractivity contribution in [2.45, 2.75) is 0 Å². The van der Waals surface area contributed by atoms with Crippen molar-refractivity contribution in [1.29, 1.82) is 0 Å². The van der Waals surface area contributed by atoms with Gasteiger partial charge in [-0.3, -0.25) is 0 Å². The van der Waals surface area contributed by atoms with Crippen molar-refractivity contribution < 1.29 is 9.47 Å². The van der Waals surface area contributed by atoms with Gasteiger partial charge >= 0.3 is 0 Å². The van der Waals surface area contributed by atoms with Gasteiger partial charge in [0.05, 0.1) is 0 Å². The molecule has 0 spiro atoms. The summed E-state index contributed by atoms with van der Waals surface area (Å²) in [7, 11) is 0. The Morgan fingerprint density at radius 1 is 1.14 bits per heavy atom. The van der Waals surface area contributed by atoms with E-state index in [-0.39, 0.29) is 0 Å². The fourth-order valence-corrected chi connectivity index (χ4v) is 1.14. The lowest BCUT2D eigenvalue weighted by Gasteiger charge is -2.18. The van der Waals surface area contributed by atoms with Gasteiger partial charge in [-0.05, 0) is 24.3 Å². The molecule has 0 aromatic carbocycles. The Morgan fingerprint density at radius 3 is 2.57 bits per heavy atom. The van der Waals surface area contributed by atoms with Crippen LogP contribution in [0.4, 0.5) is 0 Å². The fourth-order valence-electron chi connectivity index (χ4n) is 1.14. The molecule has 0 atom stereocenters. The van der Waals surface area contributed by atoms with Crippen LogP contribution in [0, 0.1) is 0 Å². The first kappa shape index (κ1) is 8.56. The molecular formula is C11H9NO2. The monoisotopic (exact) mass is 187 g/mol. The van der Waals surface area contributed by atoms with E-state index in [1.165, 1.54) is 0 Å². The summed E-state index contributed by atoms with van der Waals surface area (Å²) in [5.74, 6) is 2.13. The predicted octanol–water partition coefficient (Wildman–Crippen LogP) is 2.44. The van der Waals surface area contributed by atoms with Gasteiger partial charge in [-0.25, -0.2) is 4.98 Å². The molecule has 3 nitrogen and oxygen atoms in total. The summed E-state index contributed by atoms with van der Waals surface area (Å²) in [6.45, 7) is 7.24. The van der Waals surface area contributed by atoms with Crippen LogP contribution in [0.3, 0.4) is 0 Å². The zero-order chi connectivity index (χ0) is 9.97. The van der Waals surface area contributed by atoms with Crippen molar-refractivity contribution in [1.82, 2.24) is 4.98 Å². The van der Waals surface area contributed by atoms with E-state index in [9.17, 15) is 0 Å². The molecule has 2 rings (SSSR count). The highest BCUT2D eigenvalue weighted by Crippen LogP contribution is 2.32. The third-order valence-corrected chi connectivity index (χ3v) is 1.78. The lowest BCUT2D eigenvalue weighted by molar-refractivity contribution is 0.306. The molecule has 0 saturated heterocycles. The first-order valence-corrected chi connectivity index (χ1v) is 4.15. The molecule has 1 aromatic heterocycles. The minimum atomic E-state index is 0.452. The van der Waals surface area contributed by atoms with Gasteiger partial charge in [0.2, 0.25) is 0 Å². The van der Waals surface area contributed by atoms with Crippen LogP contribution in [-0.4, -0.2) is 4.98 Å². The van der Waals surface area contributed by atoms with E-state index >= 15 is 0 Å². The van der Waals surface area contributed by atoms with Crippen LogP contribution in [0.2, 0.25) is 0 Å². The number of pyridine rings is 1. The molecule has 70 valence electrons. The van der Waals surface area contributed by atoms with Gasteiger partial charge in [-0.2, -0.15) is 0 Å². The summed E-state index contributed by atoms with van der Waals surface area (Å²) >= 11 is 0. The zero-order valence-corrected chi connectivity index (χ0v) is 7.56. The number of ether oxygens (including phenoxy) is 2. The summed E-state index contributed by atoms with van der Waals surface area (Å²) in [6.07, 6.45) is 4.78. The minimum Gasteiger partial charge on any atom is -0.448 e. The molecule has 0 bridgehead atoms. The average molecular weight is 187 g/mol. The van der Waals surface area contributed by atoms with Crippen LogP contribution < -0.4 is 9.47 Å². The Morgan fingerprint density at radius 2 is 1.86 bits per heavy atom. The largest absolute Gasteiger partial charge is 0.448 e. The first-order valence-electron chi connectivity index (χ1n) is 4.15. The van der Waals surface area contributed by atoms with Gasteiger partial charge < -0.3 is 9.47 Å². The van der Waals surface area contributed by atoms with Crippen LogP contribution in [0.15, 0.2) is 55.2 Å². The zero-order valence-electron chi connectivity index (χ0n) is 7.56. The van der Waals surface area contributed by atoms with Crippen molar-refractivity contribution in [2.75, 3.05) is 0 Å². The lowest BCUT2D eigenvalue weighted by atomic mass is 10.3. The summed E-state index contributed by atoms with van der Waals surface area (Å²) in [6, 6.07) is 3.56. The molecule has 0 unspecified atom stereocenters. The van der Waals surface area contributed by atoms with Crippen molar-refractivity contribution in [3.05, 3.63) is 55.2 Å². The molecule has 1 aliphatic heterocycles.